The molecule has 1 aromatic carbocycles. The van der Waals surface area contributed by atoms with Crippen LogP contribution in [0.25, 0.3) is 0 Å². The van der Waals surface area contributed by atoms with Crippen molar-refractivity contribution in [3.05, 3.63) is 28.8 Å². The summed E-state index contributed by atoms with van der Waals surface area (Å²) in [6.45, 7) is 5.92. The molecule has 1 aromatic rings. The van der Waals surface area contributed by atoms with Crippen molar-refractivity contribution in [3.63, 3.8) is 0 Å². The third-order valence-corrected chi connectivity index (χ3v) is 4.67. The number of rotatable bonds is 4. The smallest absolute Gasteiger partial charge is 0.121 e. The van der Waals surface area contributed by atoms with Gasteiger partial charge in [0.25, 0.3) is 0 Å². The maximum absolute atomic E-state index is 9.71. The van der Waals surface area contributed by atoms with Crippen molar-refractivity contribution in [1.29, 1.82) is 0 Å². The van der Waals surface area contributed by atoms with E-state index in [4.69, 9.17) is 0 Å². The summed E-state index contributed by atoms with van der Waals surface area (Å²) in [5.74, 6) is 1.75. The minimum Gasteiger partial charge on any atom is -0.507 e. The van der Waals surface area contributed by atoms with Crippen LogP contribution < -0.4 is 5.32 Å². The molecule has 1 saturated heterocycles. The van der Waals surface area contributed by atoms with Crippen molar-refractivity contribution >= 4 is 11.8 Å². The van der Waals surface area contributed by atoms with Crippen LogP contribution in [-0.2, 0) is 6.54 Å². The van der Waals surface area contributed by atoms with E-state index >= 15 is 0 Å². The standard InChI is InChI=1S/C14H21NOS/c1-10-6-12(7-11(2)14(10)16)8-15-9-13-4-3-5-17-13/h6-7,13,15-16H,3-5,8-9H2,1-2H3. The molecule has 0 aliphatic carbocycles. The SMILES string of the molecule is Cc1cc(CNCC2CCCS2)cc(C)c1O. The Bertz CT molecular complexity index is 363. The zero-order valence-corrected chi connectivity index (χ0v) is 11.4. The number of aromatic hydroxyl groups is 1. The average molecular weight is 251 g/mol. The van der Waals surface area contributed by atoms with Crippen LogP contribution >= 0.6 is 11.8 Å². The normalized spacial score (nSPS) is 19.8. The second kappa shape index (κ2) is 5.78. The molecule has 2 rings (SSSR count). The lowest BCUT2D eigenvalue weighted by molar-refractivity contribution is 0.466. The third-order valence-electron chi connectivity index (χ3n) is 3.28. The summed E-state index contributed by atoms with van der Waals surface area (Å²) in [4.78, 5) is 0. The van der Waals surface area contributed by atoms with Crippen LogP contribution in [0.4, 0.5) is 0 Å². The van der Waals surface area contributed by atoms with Crippen molar-refractivity contribution in [3.8, 4) is 5.75 Å². The van der Waals surface area contributed by atoms with Crippen LogP contribution in [0, 0.1) is 13.8 Å². The van der Waals surface area contributed by atoms with Crippen molar-refractivity contribution in [2.24, 2.45) is 0 Å². The number of hydrogen-bond donors (Lipinski definition) is 2. The zero-order valence-electron chi connectivity index (χ0n) is 10.6. The van der Waals surface area contributed by atoms with E-state index < -0.39 is 0 Å². The largest absolute Gasteiger partial charge is 0.507 e. The number of hydrogen-bond acceptors (Lipinski definition) is 3. The van der Waals surface area contributed by atoms with Gasteiger partial charge in [-0.1, -0.05) is 12.1 Å². The summed E-state index contributed by atoms with van der Waals surface area (Å²) in [6.07, 6.45) is 2.72. The summed E-state index contributed by atoms with van der Waals surface area (Å²) < 4.78 is 0. The molecule has 1 fully saturated rings. The van der Waals surface area contributed by atoms with Gasteiger partial charge in [-0.05, 0) is 49.1 Å². The highest BCUT2D eigenvalue weighted by molar-refractivity contribution is 8.00. The minimum atomic E-state index is 0.431. The van der Waals surface area contributed by atoms with Crippen molar-refractivity contribution in [1.82, 2.24) is 5.32 Å². The van der Waals surface area contributed by atoms with Gasteiger partial charge in [0.05, 0.1) is 0 Å². The molecule has 1 aliphatic heterocycles. The Labute approximate surface area is 108 Å². The Balaban J connectivity index is 1.86. The highest BCUT2D eigenvalue weighted by Gasteiger charge is 2.14. The average Bonchev–Trinajstić information content (AvgIpc) is 2.79. The molecule has 94 valence electrons. The molecule has 17 heavy (non-hydrogen) atoms. The van der Waals surface area contributed by atoms with E-state index in [1.165, 1.54) is 24.2 Å². The molecule has 2 nitrogen and oxygen atoms in total. The second-order valence-electron chi connectivity index (χ2n) is 4.84. The first kappa shape index (κ1) is 12.8. The maximum atomic E-state index is 9.71. The van der Waals surface area contributed by atoms with Gasteiger partial charge in [0.2, 0.25) is 0 Å². The Morgan fingerprint density at radius 1 is 1.35 bits per heavy atom. The van der Waals surface area contributed by atoms with Gasteiger partial charge < -0.3 is 10.4 Å². The first-order chi connectivity index (χ1) is 8.16. The van der Waals surface area contributed by atoms with E-state index in [9.17, 15) is 5.11 Å². The Kier molecular flexibility index (Phi) is 4.35. The van der Waals surface area contributed by atoms with Gasteiger partial charge >= 0.3 is 0 Å². The Morgan fingerprint density at radius 2 is 2.06 bits per heavy atom. The minimum absolute atomic E-state index is 0.431. The lowest BCUT2D eigenvalue weighted by Crippen LogP contribution is -2.22. The molecule has 2 N–H and O–H groups in total. The van der Waals surface area contributed by atoms with Crippen molar-refractivity contribution < 1.29 is 5.11 Å². The predicted molar refractivity (Wildman–Crippen MR) is 74.8 cm³/mol. The number of aryl methyl sites for hydroxylation is 2. The third kappa shape index (κ3) is 3.39. The van der Waals surface area contributed by atoms with Crippen LogP contribution in [0.3, 0.4) is 0 Å². The van der Waals surface area contributed by atoms with E-state index in [-0.39, 0.29) is 0 Å². The van der Waals surface area contributed by atoms with Crippen LogP contribution in [0.2, 0.25) is 0 Å². The van der Waals surface area contributed by atoms with E-state index in [2.05, 4.69) is 29.2 Å². The quantitative estimate of drug-likeness (QED) is 0.863. The van der Waals surface area contributed by atoms with E-state index in [1.54, 1.807) is 0 Å². The molecule has 0 amide bonds. The summed E-state index contributed by atoms with van der Waals surface area (Å²) in [6, 6.07) is 4.13. The molecule has 3 heteroatoms. The molecule has 0 saturated carbocycles. The fourth-order valence-corrected chi connectivity index (χ4v) is 3.57. The molecular weight excluding hydrogens is 230 g/mol. The molecule has 0 radical (unpaired) electrons. The zero-order chi connectivity index (χ0) is 12.3. The summed E-state index contributed by atoms with van der Waals surface area (Å²) in [5, 5.41) is 14.0. The van der Waals surface area contributed by atoms with E-state index in [0.29, 0.717) is 5.75 Å². The number of benzene rings is 1. The first-order valence-electron chi connectivity index (χ1n) is 6.28. The summed E-state index contributed by atoms with van der Waals surface area (Å²) in [7, 11) is 0. The Morgan fingerprint density at radius 3 is 2.65 bits per heavy atom. The monoisotopic (exact) mass is 251 g/mol. The maximum Gasteiger partial charge on any atom is 0.121 e. The molecule has 0 bridgehead atoms. The highest BCUT2D eigenvalue weighted by Crippen LogP contribution is 2.26. The van der Waals surface area contributed by atoms with Gasteiger partial charge in [-0.3, -0.25) is 0 Å². The lowest BCUT2D eigenvalue weighted by Gasteiger charge is -2.12. The second-order valence-corrected chi connectivity index (χ2v) is 6.25. The van der Waals surface area contributed by atoms with Crippen LogP contribution in [-0.4, -0.2) is 22.7 Å². The molecule has 0 aromatic heterocycles. The van der Waals surface area contributed by atoms with E-state index in [1.807, 2.05) is 13.8 Å². The molecule has 1 unspecified atom stereocenters. The predicted octanol–water partition coefficient (Wildman–Crippen LogP) is 2.99. The van der Waals surface area contributed by atoms with Gasteiger partial charge in [-0.2, -0.15) is 11.8 Å². The van der Waals surface area contributed by atoms with Gasteiger partial charge in [-0.15, -0.1) is 0 Å². The number of thioether (sulfide) groups is 1. The van der Waals surface area contributed by atoms with Crippen LogP contribution in [0.15, 0.2) is 12.1 Å². The van der Waals surface area contributed by atoms with E-state index in [0.717, 1.165) is 29.5 Å². The number of nitrogens with one attached hydrogen (secondary N) is 1. The summed E-state index contributed by atoms with van der Waals surface area (Å²) in [5.41, 5.74) is 3.20. The van der Waals surface area contributed by atoms with Gasteiger partial charge in [-0.25, -0.2) is 0 Å². The van der Waals surface area contributed by atoms with Gasteiger partial charge in [0, 0.05) is 18.3 Å². The number of phenolic OH excluding ortho intramolecular Hbond substituents is 1. The lowest BCUT2D eigenvalue weighted by atomic mass is 10.1. The highest BCUT2D eigenvalue weighted by atomic mass is 32.2. The first-order valence-corrected chi connectivity index (χ1v) is 7.33. The van der Waals surface area contributed by atoms with Gasteiger partial charge in [0.15, 0.2) is 0 Å². The Hall–Kier alpha value is -0.670. The molecule has 1 atom stereocenters. The molecular formula is C14H21NOS. The fourth-order valence-electron chi connectivity index (χ4n) is 2.33. The topological polar surface area (TPSA) is 32.3 Å². The molecule has 0 spiro atoms. The van der Waals surface area contributed by atoms with Crippen molar-refractivity contribution in [2.45, 2.75) is 38.5 Å². The molecule has 1 aliphatic rings. The fraction of sp³-hybridized carbons (Fsp3) is 0.571. The summed E-state index contributed by atoms with van der Waals surface area (Å²) >= 11 is 2.08. The van der Waals surface area contributed by atoms with Gasteiger partial charge in [0.1, 0.15) is 5.75 Å². The molecule has 1 heterocycles. The van der Waals surface area contributed by atoms with Crippen LogP contribution in [0.1, 0.15) is 29.5 Å². The number of phenols is 1. The van der Waals surface area contributed by atoms with Crippen molar-refractivity contribution in [2.75, 3.05) is 12.3 Å². The van der Waals surface area contributed by atoms with Crippen LogP contribution in [0.5, 0.6) is 5.75 Å².